The van der Waals surface area contributed by atoms with E-state index in [1.54, 1.807) is 0 Å². The second-order valence-electron chi connectivity index (χ2n) is 4.47. The van der Waals surface area contributed by atoms with Crippen molar-refractivity contribution in [1.82, 2.24) is 0 Å². The third-order valence-electron chi connectivity index (χ3n) is 3.13. The molecule has 0 unspecified atom stereocenters. The highest BCUT2D eigenvalue weighted by molar-refractivity contribution is 14.1. The van der Waals surface area contributed by atoms with Crippen LogP contribution in [0, 0.1) is 10.5 Å². The van der Waals surface area contributed by atoms with E-state index in [9.17, 15) is 0 Å². The topological polar surface area (TPSA) is 30.5 Å². The van der Waals surface area contributed by atoms with Gasteiger partial charge < -0.3 is 14.8 Å². The fraction of sp³-hybridized carbons (Fsp3) is 0.200. The third-order valence-corrected chi connectivity index (χ3v) is 4.30. The smallest absolute Gasteiger partial charge is 0.231 e. The number of anilines is 1. The van der Waals surface area contributed by atoms with Crippen LogP contribution < -0.4 is 14.8 Å². The molecule has 0 aromatic heterocycles. The molecule has 1 aliphatic rings. The van der Waals surface area contributed by atoms with E-state index in [0.29, 0.717) is 6.79 Å². The number of rotatable bonds is 3. The van der Waals surface area contributed by atoms with E-state index in [4.69, 9.17) is 9.47 Å². The maximum Gasteiger partial charge on any atom is 0.231 e. The molecule has 0 saturated carbocycles. The summed E-state index contributed by atoms with van der Waals surface area (Å²) in [6, 6.07) is 12.3. The average Bonchev–Trinajstić information content (AvgIpc) is 2.89. The van der Waals surface area contributed by atoms with Gasteiger partial charge in [-0.2, -0.15) is 0 Å². The van der Waals surface area contributed by atoms with E-state index >= 15 is 0 Å². The molecule has 19 heavy (non-hydrogen) atoms. The largest absolute Gasteiger partial charge is 0.454 e. The minimum atomic E-state index is 0.314. The van der Waals surface area contributed by atoms with Crippen molar-refractivity contribution >= 4 is 28.3 Å². The second kappa shape index (κ2) is 5.28. The molecule has 98 valence electrons. The number of para-hydroxylation sites is 1. The number of aryl methyl sites for hydroxylation is 1. The molecule has 0 saturated heterocycles. The molecule has 2 aromatic rings. The van der Waals surface area contributed by atoms with Crippen LogP contribution in [0.15, 0.2) is 36.4 Å². The minimum Gasteiger partial charge on any atom is -0.454 e. The molecule has 2 aromatic carbocycles. The number of hydrogen-bond acceptors (Lipinski definition) is 3. The normalized spacial score (nSPS) is 12.5. The zero-order chi connectivity index (χ0) is 13.2. The average molecular weight is 367 g/mol. The van der Waals surface area contributed by atoms with E-state index in [0.717, 1.165) is 29.3 Å². The summed E-state index contributed by atoms with van der Waals surface area (Å²) >= 11 is 2.35. The molecule has 3 rings (SSSR count). The zero-order valence-corrected chi connectivity index (χ0v) is 12.7. The van der Waals surface area contributed by atoms with Crippen molar-refractivity contribution in [3.63, 3.8) is 0 Å². The third kappa shape index (κ3) is 2.63. The summed E-state index contributed by atoms with van der Waals surface area (Å²) in [6.07, 6.45) is 0. The Morgan fingerprint density at radius 1 is 1.21 bits per heavy atom. The van der Waals surface area contributed by atoms with E-state index < -0.39 is 0 Å². The van der Waals surface area contributed by atoms with Gasteiger partial charge in [-0.3, -0.25) is 0 Å². The van der Waals surface area contributed by atoms with Crippen molar-refractivity contribution in [2.75, 3.05) is 12.1 Å². The first-order valence-corrected chi connectivity index (χ1v) is 7.19. The van der Waals surface area contributed by atoms with Gasteiger partial charge in [0.15, 0.2) is 11.5 Å². The van der Waals surface area contributed by atoms with Crippen molar-refractivity contribution in [2.45, 2.75) is 13.5 Å². The molecular formula is C15H14INO2. The molecule has 0 bridgehead atoms. The molecule has 3 nitrogen and oxygen atoms in total. The Labute approximate surface area is 126 Å². The van der Waals surface area contributed by atoms with Gasteiger partial charge in [-0.25, -0.2) is 0 Å². The van der Waals surface area contributed by atoms with Gasteiger partial charge in [-0.1, -0.05) is 18.2 Å². The molecule has 0 fully saturated rings. The number of fused-ring (bicyclic) bond motifs is 1. The summed E-state index contributed by atoms with van der Waals surface area (Å²) in [5.74, 6) is 1.69. The Bertz CT molecular complexity index is 613. The zero-order valence-electron chi connectivity index (χ0n) is 10.6. The van der Waals surface area contributed by atoms with Gasteiger partial charge in [0.25, 0.3) is 0 Å². The standard InChI is InChI=1S/C15H14INO2/c1-10-5-6-12(7-13(10)16)17-8-11-3-2-4-14-15(11)19-9-18-14/h2-7,17H,8-9H2,1H3. The minimum absolute atomic E-state index is 0.314. The molecular weight excluding hydrogens is 353 g/mol. The Hall–Kier alpha value is -1.43. The van der Waals surface area contributed by atoms with Crippen LogP contribution in [0.5, 0.6) is 11.5 Å². The monoisotopic (exact) mass is 367 g/mol. The van der Waals surface area contributed by atoms with Crippen LogP contribution in [0.4, 0.5) is 5.69 Å². The SMILES string of the molecule is Cc1ccc(NCc2cccc3c2OCO3)cc1I. The van der Waals surface area contributed by atoms with Crippen molar-refractivity contribution in [3.05, 3.63) is 51.1 Å². The number of halogens is 1. The lowest BCUT2D eigenvalue weighted by molar-refractivity contribution is 0.173. The predicted molar refractivity (Wildman–Crippen MR) is 83.8 cm³/mol. The van der Waals surface area contributed by atoms with Gasteiger partial charge in [0, 0.05) is 21.4 Å². The Kier molecular flexibility index (Phi) is 3.50. The molecule has 0 atom stereocenters. The van der Waals surface area contributed by atoms with Crippen LogP contribution in [-0.4, -0.2) is 6.79 Å². The van der Waals surface area contributed by atoms with Crippen LogP contribution in [0.2, 0.25) is 0 Å². The second-order valence-corrected chi connectivity index (χ2v) is 5.63. The molecule has 0 radical (unpaired) electrons. The van der Waals surface area contributed by atoms with Gasteiger partial charge in [0.1, 0.15) is 0 Å². The summed E-state index contributed by atoms with van der Waals surface area (Å²) in [6.45, 7) is 3.15. The van der Waals surface area contributed by atoms with E-state index in [1.165, 1.54) is 9.13 Å². The Morgan fingerprint density at radius 2 is 2.11 bits per heavy atom. The summed E-state index contributed by atoms with van der Waals surface area (Å²) in [7, 11) is 0. The van der Waals surface area contributed by atoms with Crippen LogP contribution in [0.3, 0.4) is 0 Å². The number of ether oxygens (including phenoxy) is 2. The highest BCUT2D eigenvalue weighted by Gasteiger charge is 2.16. The van der Waals surface area contributed by atoms with Crippen LogP contribution >= 0.6 is 22.6 Å². The van der Waals surface area contributed by atoms with Gasteiger partial charge in [0.05, 0.1) is 0 Å². The van der Waals surface area contributed by atoms with Crippen LogP contribution in [0.1, 0.15) is 11.1 Å². The predicted octanol–water partition coefficient (Wildman–Crippen LogP) is 3.94. The number of hydrogen-bond donors (Lipinski definition) is 1. The lowest BCUT2D eigenvalue weighted by atomic mass is 10.1. The van der Waals surface area contributed by atoms with Crippen LogP contribution in [0.25, 0.3) is 0 Å². The molecule has 0 spiro atoms. The summed E-state index contributed by atoms with van der Waals surface area (Å²) in [5, 5.41) is 3.42. The lowest BCUT2D eigenvalue weighted by Gasteiger charge is -2.10. The first-order valence-electron chi connectivity index (χ1n) is 6.11. The van der Waals surface area contributed by atoms with Gasteiger partial charge in [0.2, 0.25) is 6.79 Å². The molecule has 1 heterocycles. The first kappa shape index (κ1) is 12.6. The number of benzene rings is 2. The highest BCUT2D eigenvalue weighted by Crippen LogP contribution is 2.35. The van der Waals surface area contributed by atoms with Crippen molar-refractivity contribution in [3.8, 4) is 11.5 Å². The molecule has 0 aliphatic carbocycles. The van der Waals surface area contributed by atoms with Gasteiger partial charge in [-0.15, -0.1) is 0 Å². The molecule has 4 heteroatoms. The first-order chi connectivity index (χ1) is 9.24. The van der Waals surface area contributed by atoms with Gasteiger partial charge >= 0.3 is 0 Å². The summed E-state index contributed by atoms with van der Waals surface area (Å²) in [4.78, 5) is 0. The molecule has 1 aliphatic heterocycles. The fourth-order valence-electron chi connectivity index (χ4n) is 2.03. The summed E-state index contributed by atoms with van der Waals surface area (Å²) < 4.78 is 12.1. The van der Waals surface area contributed by atoms with Gasteiger partial charge in [-0.05, 0) is 53.3 Å². The number of nitrogens with one attached hydrogen (secondary N) is 1. The van der Waals surface area contributed by atoms with Crippen molar-refractivity contribution in [2.24, 2.45) is 0 Å². The highest BCUT2D eigenvalue weighted by atomic mass is 127. The Morgan fingerprint density at radius 3 is 2.95 bits per heavy atom. The van der Waals surface area contributed by atoms with Crippen molar-refractivity contribution in [1.29, 1.82) is 0 Å². The Balaban J connectivity index is 1.76. The lowest BCUT2D eigenvalue weighted by Crippen LogP contribution is -2.01. The van der Waals surface area contributed by atoms with E-state index in [2.05, 4.69) is 59.1 Å². The molecule has 0 amide bonds. The maximum atomic E-state index is 5.50. The maximum absolute atomic E-state index is 5.50. The molecule has 1 N–H and O–H groups in total. The van der Waals surface area contributed by atoms with E-state index in [-0.39, 0.29) is 0 Å². The quantitative estimate of drug-likeness (QED) is 0.834. The van der Waals surface area contributed by atoms with E-state index in [1.807, 2.05) is 12.1 Å². The van der Waals surface area contributed by atoms with Crippen molar-refractivity contribution < 1.29 is 9.47 Å². The summed E-state index contributed by atoms with van der Waals surface area (Å²) in [5.41, 5.74) is 3.53. The fourth-order valence-corrected chi connectivity index (χ4v) is 2.55. The van der Waals surface area contributed by atoms with Crippen LogP contribution in [-0.2, 0) is 6.54 Å².